The molecule has 0 spiro atoms. The SMILES string of the molecule is Cc1ccc(C(=O)N2CCC[C@@H]2c2nnc(C(=O)Nc3cccc(F)c3)s2)cc1. The lowest BCUT2D eigenvalue weighted by Gasteiger charge is -2.22. The highest BCUT2D eigenvalue weighted by Gasteiger charge is 2.33. The maximum Gasteiger partial charge on any atom is 0.286 e. The molecular formula is C21H19FN4O2S. The Hall–Kier alpha value is -3.13. The number of amides is 2. The number of likely N-dealkylation sites (tertiary alicyclic amines) is 1. The molecule has 0 aliphatic carbocycles. The van der Waals surface area contributed by atoms with Crippen molar-refractivity contribution >= 4 is 28.8 Å². The molecule has 4 rings (SSSR count). The molecule has 29 heavy (non-hydrogen) atoms. The molecule has 0 saturated carbocycles. The Morgan fingerprint density at radius 1 is 1.17 bits per heavy atom. The van der Waals surface area contributed by atoms with E-state index >= 15 is 0 Å². The van der Waals surface area contributed by atoms with E-state index in [-0.39, 0.29) is 17.0 Å². The number of carbonyl (C=O) groups excluding carboxylic acids is 2. The summed E-state index contributed by atoms with van der Waals surface area (Å²) in [6.07, 6.45) is 1.64. The summed E-state index contributed by atoms with van der Waals surface area (Å²) in [5.74, 6) is -0.931. The van der Waals surface area contributed by atoms with Gasteiger partial charge in [0.15, 0.2) is 0 Å². The van der Waals surface area contributed by atoms with Crippen molar-refractivity contribution in [3.63, 3.8) is 0 Å². The maximum atomic E-state index is 13.3. The first kappa shape index (κ1) is 19.2. The molecule has 1 N–H and O–H groups in total. The highest BCUT2D eigenvalue weighted by Crippen LogP contribution is 2.34. The van der Waals surface area contributed by atoms with E-state index in [1.165, 1.54) is 18.2 Å². The largest absolute Gasteiger partial charge is 0.329 e. The molecule has 0 unspecified atom stereocenters. The highest BCUT2D eigenvalue weighted by molar-refractivity contribution is 7.13. The van der Waals surface area contributed by atoms with Crippen molar-refractivity contribution < 1.29 is 14.0 Å². The predicted octanol–water partition coefficient (Wildman–Crippen LogP) is 4.22. The Morgan fingerprint density at radius 2 is 1.97 bits per heavy atom. The monoisotopic (exact) mass is 410 g/mol. The summed E-state index contributed by atoms with van der Waals surface area (Å²) in [5, 5.41) is 11.6. The zero-order valence-electron chi connectivity index (χ0n) is 15.8. The van der Waals surface area contributed by atoms with Crippen molar-refractivity contribution in [2.45, 2.75) is 25.8 Å². The molecule has 148 valence electrons. The van der Waals surface area contributed by atoms with Crippen LogP contribution in [0.2, 0.25) is 0 Å². The van der Waals surface area contributed by atoms with Gasteiger partial charge in [0.05, 0.1) is 6.04 Å². The Bertz CT molecular complexity index is 1050. The van der Waals surface area contributed by atoms with E-state index in [1.54, 1.807) is 11.0 Å². The average molecular weight is 410 g/mol. The number of benzene rings is 2. The minimum Gasteiger partial charge on any atom is -0.329 e. The van der Waals surface area contributed by atoms with E-state index in [9.17, 15) is 14.0 Å². The fourth-order valence-electron chi connectivity index (χ4n) is 3.34. The number of nitrogens with one attached hydrogen (secondary N) is 1. The molecule has 1 saturated heterocycles. The normalized spacial score (nSPS) is 16.1. The van der Waals surface area contributed by atoms with Crippen LogP contribution in [0.15, 0.2) is 48.5 Å². The molecule has 2 heterocycles. The molecule has 6 nitrogen and oxygen atoms in total. The maximum absolute atomic E-state index is 13.3. The molecule has 3 aromatic rings. The van der Waals surface area contributed by atoms with Crippen LogP contribution in [-0.4, -0.2) is 33.5 Å². The summed E-state index contributed by atoms with van der Waals surface area (Å²) in [6.45, 7) is 2.62. The van der Waals surface area contributed by atoms with Gasteiger partial charge in [0, 0.05) is 17.8 Å². The molecule has 1 aliphatic rings. The van der Waals surface area contributed by atoms with Gasteiger partial charge >= 0.3 is 0 Å². The van der Waals surface area contributed by atoms with Crippen LogP contribution in [0.1, 0.15) is 49.6 Å². The highest BCUT2D eigenvalue weighted by atomic mass is 32.1. The number of aryl methyl sites for hydroxylation is 1. The third kappa shape index (κ3) is 4.17. The van der Waals surface area contributed by atoms with Crippen LogP contribution >= 0.6 is 11.3 Å². The number of anilines is 1. The van der Waals surface area contributed by atoms with Gasteiger partial charge in [-0.3, -0.25) is 9.59 Å². The second-order valence-electron chi connectivity index (χ2n) is 6.93. The molecule has 1 aromatic heterocycles. The van der Waals surface area contributed by atoms with Crippen molar-refractivity contribution in [3.05, 3.63) is 75.5 Å². The summed E-state index contributed by atoms with van der Waals surface area (Å²) in [6, 6.07) is 12.9. The van der Waals surface area contributed by atoms with Crippen molar-refractivity contribution in [2.24, 2.45) is 0 Å². The quantitative estimate of drug-likeness (QED) is 0.699. The van der Waals surface area contributed by atoms with Gasteiger partial charge in [-0.25, -0.2) is 4.39 Å². The van der Waals surface area contributed by atoms with Gasteiger partial charge in [-0.2, -0.15) is 0 Å². The lowest BCUT2D eigenvalue weighted by atomic mass is 10.1. The molecule has 2 amide bonds. The predicted molar refractivity (Wildman–Crippen MR) is 108 cm³/mol. The summed E-state index contributed by atoms with van der Waals surface area (Å²) in [7, 11) is 0. The summed E-state index contributed by atoms with van der Waals surface area (Å²) in [5.41, 5.74) is 2.08. The molecule has 0 bridgehead atoms. The van der Waals surface area contributed by atoms with E-state index in [2.05, 4.69) is 15.5 Å². The summed E-state index contributed by atoms with van der Waals surface area (Å²) in [4.78, 5) is 27.1. The van der Waals surface area contributed by atoms with E-state index < -0.39 is 11.7 Å². The fourth-order valence-corrected chi connectivity index (χ4v) is 4.23. The number of halogens is 1. The average Bonchev–Trinajstić information content (AvgIpc) is 3.37. The molecule has 8 heteroatoms. The molecular weight excluding hydrogens is 391 g/mol. The minimum atomic E-state index is -0.450. The third-order valence-electron chi connectivity index (χ3n) is 4.81. The smallest absolute Gasteiger partial charge is 0.286 e. The van der Waals surface area contributed by atoms with Crippen LogP contribution in [0.3, 0.4) is 0 Å². The van der Waals surface area contributed by atoms with Gasteiger partial charge in [-0.15, -0.1) is 10.2 Å². The first-order chi connectivity index (χ1) is 14.0. The third-order valence-corrected chi connectivity index (χ3v) is 5.84. The number of hydrogen-bond acceptors (Lipinski definition) is 5. The fraction of sp³-hybridized carbons (Fsp3) is 0.238. The van der Waals surface area contributed by atoms with Crippen LogP contribution in [-0.2, 0) is 0 Å². The van der Waals surface area contributed by atoms with Gasteiger partial charge < -0.3 is 10.2 Å². The Kier molecular flexibility index (Phi) is 5.35. The Morgan fingerprint density at radius 3 is 2.72 bits per heavy atom. The standard InChI is InChI=1S/C21H19FN4O2S/c1-13-7-9-14(10-8-13)21(28)26-11-3-6-17(26)19-24-25-20(29-19)18(27)23-16-5-2-4-15(22)12-16/h2,4-5,7-10,12,17H,3,6,11H2,1H3,(H,23,27)/t17-/m1/s1. The molecule has 2 aromatic carbocycles. The van der Waals surface area contributed by atoms with Gasteiger partial charge in [-0.1, -0.05) is 35.1 Å². The van der Waals surface area contributed by atoms with E-state index in [0.717, 1.165) is 29.7 Å². The number of hydrogen-bond donors (Lipinski definition) is 1. The number of nitrogens with zero attached hydrogens (tertiary/aromatic N) is 3. The first-order valence-electron chi connectivity index (χ1n) is 9.29. The van der Waals surface area contributed by atoms with Crippen LogP contribution in [0, 0.1) is 12.7 Å². The molecule has 1 aliphatic heterocycles. The van der Waals surface area contributed by atoms with E-state index in [1.807, 2.05) is 31.2 Å². The second-order valence-corrected chi connectivity index (χ2v) is 7.94. The minimum absolute atomic E-state index is 0.0477. The number of rotatable bonds is 4. The van der Waals surface area contributed by atoms with Crippen molar-refractivity contribution in [1.82, 2.24) is 15.1 Å². The molecule has 1 fully saturated rings. The molecule has 0 radical (unpaired) electrons. The first-order valence-corrected chi connectivity index (χ1v) is 10.1. The number of carbonyl (C=O) groups is 2. The van der Waals surface area contributed by atoms with E-state index in [4.69, 9.17) is 0 Å². The lowest BCUT2D eigenvalue weighted by Crippen LogP contribution is -2.30. The summed E-state index contributed by atoms with van der Waals surface area (Å²) < 4.78 is 13.3. The Labute approximate surface area is 171 Å². The zero-order chi connectivity index (χ0) is 20.4. The van der Waals surface area contributed by atoms with E-state index in [0.29, 0.717) is 22.8 Å². The van der Waals surface area contributed by atoms with Crippen molar-refractivity contribution in [1.29, 1.82) is 0 Å². The van der Waals surface area contributed by atoms with Crippen molar-refractivity contribution in [2.75, 3.05) is 11.9 Å². The summed E-state index contributed by atoms with van der Waals surface area (Å²) >= 11 is 1.16. The van der Waals surface area contributed by atoms with Crippen LogP contribution in [0.5, 0.6) is 0 Å². The van der Waals surface area contributed by atoms with Crippen LogP contribution < -0.4 is 5.32 Å². The van der Waals surface area contributed by atoms with Gasteiger partial charge in [-0.05, 0) is 50.1 Å². The van der Waals surface area contributed by atoms with Crippen molar-refractivity contribution in [3.8, 4) is 0 Å². The topological polar surface area (TPSA) is 75.2 Å². The van der Waals surface area contributed by atoms with Crippen LogP contribution in [0.4, 0.5) is 10.1 Å². The zero-order valence-corrected chi connectivity index (χ0v) is 16.6. The number of aromatic nitrogens is 2. The van der Waals surface area contributed by atoms with Gasteiger partial charge in [0.2, 0.25) is 5.01 Å². The van der Waals surface area contributed by atoms with Gasteiger partial charge in [0.25, 0.3) is 11.8 Å². The lowest BCUT2D eigenvalue weighted by molar-refractivity contribution is 0.0735. The second kappa shape index (κ2) is 8.08. The Balaban J connectivity index is 1.49. The van der Waals surface area contributed by atoms with Crippen LogP contribution in [0.25, 0.3) is 0 Å². The molecule has 1 atom stereocenters. The van der Waals surface area contributed by atoms with Gasteiger partial charge in [0.1, 0.15) is 10.8 Å².